The first-order valence-electron chi connectivity index (χ1n) is 4.59. The Morgan fingerprint density at radius 2 is 2.14 bits per heavy atom. The number of aryl methyl sites for hydroxylation is 1. The average molecular weight is 213 g/mol. The largest absolute Gasteiger partial charge is 0.294 e. The molecule has 1 aromatic carbocycles. The fourth-order valence-corrected chi connectivity index (χ4v) is 1.72. The number of hydrogen-bond acceptors (Lipinski definition) is 1. The molecule has 0 saturated heterocycles. The molecule has 1 aliphatic rings. The van der Waals surface area contributed by atoms with Crippen LogP contribution in [0.25, 0.3) is 0 Å². The Balaban J connectivity index is 2.39. The van der Waals surface area contributed by atoms with E-state index in [0.29, 0.717) is 11.1 Å². The van der Waals surface area contributed by atoms with Gasteiger partial charge in [0.1, 0.15) is 5.82 Å². The van der Waals surface area contributed by atoms with Crippen molar-refractivity contribution in [2.75, 3.05) is 0 Å². The summed E-state index contributed by atoms with van der Waals surface area (Å²) in [4.78, 5) is 11.6. The molecule has 2 rings (SSSR count). The predicted octanol–water partition coefficient (Wildman–Crippen LogP) is 3.38. The summed E-state index contributed by atoms with van der Waals surface area (Å²) in [5, 5.41) is 0.0361. The van der Waals surface area contributed by atoms with Crippen molar-refractivity contribution in [3.8, 4) is 0 Å². The van der Waals surface area contributed by atoms with Crippen LogP contribution in [0.1, 0.15) is 28.8 Å². The van der Waals surface area contributed by atoms with Gasteiger partial charge < -0.3 is 0 Å². The van der Waals surface area contributed by atoms with Gasteiger partial charge in [-0.3, -0.25) is 4.79 Å². The minimum Gasteiger partial charge on any atom is -0.294 e. The van der Waals surface area contributed by atoms with Crippen LogP contribution in [0.4, 0.5) is 4.39 Å². The highest BCUT2D eigenvalue weighted by molar-refractivity contribution is 6.31. The zero-order valence-electron chi connectivity index (χ0n) is 7.81. The molecule has 0 atom stereocenters. The minimum absolute atomic E-state index is 0.0361. The van der Waals surface area contributed by atoms with E-state index in [1.807, 2.05) is 0 Å². The summed E-state index contributed by atoms with van der Waals surface area (Å²) in [6, 6.07) is 2.99. The Morgan fingerprint density at radius 1 is 1.50 bits per heavy atom. The fourth-order valence-electron chi connectivity index (χ4n) is 1.45. The molecule has 14 heavy (non-hydrogen) atoms. The lowest BCUT2D eigenvalue weighted by molar-refractivity contribution is 0.0967. The van der Waals surface area contributed by atoms with E-state index in [0.717, 1.165) is 12.8 Å². The minimum atomic E-state index is -0.431. The number of benzene rings is 1. The quantitative estimate of drug-likeness (QED) is 0.687. The molecule has 1 fully saturated rings. The molecule has 0 spiro atoms. The molecule has 3 heteroatoms. The number of carbonyl (C=O) groups excluding carboxylic acids is 1. The molecule has 0 N–H and O–H groups in total. The maximum atomic E-state index is 13.1. The van der Waals surface area contributed by atoms with E-state index in [2.05, 4.69) is 0 Å². The third-order valence-corrected chi connectivity index (χ3v) is 2.72. The SMILES string of the molecule is Cc1cc(C(=O)C2CC2)cc(Cl)c1F. The molecule has 0 aromatic heterocycles. The summed E-state index contributed by atoms with van der Waals surface area (Å²) in [6.45, 7) is 1.62. The van der Waals surface area contributed by atoms with Gasteiger partial charge in [-0.15, -0.1) is 0 Å². The van der Waals surface area contributed by atoms with Gasteiger partial charge in [0.05, 0.1) is 5.02 Å². The first-order valence-corrected chi connectivity index (χ1v) is 4.97. The van der Waals surface area contributed by atoms with Crippen LogP contribution in [0.15, 0.2) is 12.1 Å². The van der Waals surface area contributed by atoms with Crippen LogP contribution in [-0.2, 0) is 0 Å². The molecular weight excluding hydrogens is 203 g/mol. The van der Waals surface area contributed by atoms with Gasteiger partial charge in [0.25, 0.3) is 0 Å². The Labute approximate surface area is 86.9 Å². The van der Waals surface area contributed by atoms with Gasteiger partial charge in [0.2, 0.25) is 0 Å². The van der Waals surface area contributed by atoms with Crippen molar-refractivity contribution in [3.05, 3.63) is 34.1 Å². The third kappa shape index (κ3) is 1.67. The van der Waals surface area contributed by atoms with Crippen LogP contribution in [-0.4, -0.2) is 5.78 Å². The second-order valence-corrected chi connectivity index (χ2v) is 4.13. The summed E-state index contributed by atoms with van der Waals surface area (Å²) in [6.07, 6.45) is 1.90. The summed E-state index contributed by atoms with van der Waals surface area (Å²) >= 11 is 5.66. The standard InChI is InChI=1S/C11H10ClFO/c1-6-4-8(5-9(12)10(6)13)11(14)7-2-3-7/h4-5,7H,2-3H2,1H3. The lowest BCUT2D eigenvalue weighted by Gasteiger charge is -2.03. The lowest BCUT2D eigenvalue weighted by Crippen LogP contribution is -2.02. The Bertz CT molecular complexity index is 373. The Kier molecular flexibility index (Phi) is 2.31. The number of halogens is 2. The summed E-state index contributed by atoms with van der Waals surface area (Å²) in [5.41, 5.74) is 0.970. The molecule has 0 unspecified atom stereocenters. The lowest BCUT2D eigenvalue weighted by atomic mass is 10.0. The van der Waals surface area contributed by atoms with Crippen molar-refractivity contribution < 1.29 is 9.18 Å². The molecule has 0 amide bonds. The van der Waals surface area contributed by atoms with Gasteiger partial charge in [-0.25, -0.2) is 4.39 Å². The first kappa shape index (κ1) is 9.66. The predicted molar refractivity (Wildman–Crippen MR) is 53.2 cm³/mol. The van der Waals surface area contributed by atoms with Crippen LogP contribution < -0.4 is 0 Å². The molecule has 0 bridgehead atoms. The molecule has 1 nitrogen and oxygen atoms in total. The summed E-state index contributed by atoms with van der Waals surface area (Å²) < 4.78 is 13.1. The van der Waals surface area contributed by atoms with E-state index in [4.69, 9.17) is 11.6 Å². The van der Waals surface area contributed by atoms with Crippen LogP contribution in [0, 0.1) is 18.7 Å². The zero-order valence-corrected chi connectivity index (χ0v) is 8.57. The van der Waals surface area contributed by atoms with Crippen molar-refractivity contribution >= 4 is 17.4 Å². The molecule has 1 aromatic rings. The summed E-state index contributed by atoms with van der Waals surface area (Å²) in [7, 11) is 0. The highest BCUT2D eigenvalue weighted by Gasteiger charge is 2.30. The van der Waals surface area contributed by atoms with E-state index in [-0.39, 0.29) is 16.7 Å². The Hall–Kier alpha value is -0.890. The van der Waals surface area contributed by atoms with Crippen molar-refractivity contribution in [1.82, 2.24) is 0 Å². The van der Waals surface area contributed by atoms with Crippen LogP contribution in [0.3, 0.4) is 0 Å². The highest BCUT2D eigenvalue weighted by Crippen LogP contribution is 2.33. The molecule has 1 saturated carbocycles. The number of Topliss-reactive ketones (excluding diaryl/α,β-unsaturated/α-hetero) is 1. The normalized spacial score (nSPS) is 15.6. The summed E-state index contributed by atoms with van der Waals surface area (Å²) in [5.74, 6) is -0.190. The molecular formula is C11H10ClFO. The van der Waals surface area contributed by atoms with Crippen LogP contribution in [0.2, 0.25) is 5.02 Å². The molecule has 0 radical (unpaired) electrons. The first-order chi connectivity index (χ1) is 6.59. The van der Waals surface area contributed by atoms with Gasteiger partial charge in [-0.05, 0) is 37.5 Å². The molecule has 0 heterocycles. The molecule has 0 aliphatic heterocycles. The van der Waals surface area contributed by atoms with Gasteiger partial charge >= 0.3 is 0 Å². The number of rotatable bonds is 2. The van der Waals surface area contributed by atoms with Crippen LogP contribution >= 0.6 is 11.6 Å². The van der Waals surface area contributed by atoms with E-state index in [1.54, 1.807) is 13.0 Å². The third-order valence-electron chi connectivity index (χ3n) is 2.44. The van der Waals surface area contributed by atoms with Crippen molar-refractivity contribution in [2.24, 2.45) is 5.92 Å². The van der Waals surface area contributed by atoms with Gasteiger partial charge in [0, 0.05) is 11.5 Å². The van der Waals surface area contributed by atoms with Gasteiger partial charge in [-0.2, -0.15) is 0 Å². The molecule has 74 valence electrons. The van der Waals surface area contributed by atoms with Crippen LogP contribution in [0.5, 0.6) is 0 Å². The molecule has 1 aliphatic carbocycles. The van der Waals surface area contributed by atoms with Gasteiger partial charge in [-0.1, -0.05) is 11.6 Å². The average Bonchev–Trinajstić information content (AvgIpc) is 2.95. The second kappa shape index (κ2) is 3.35. The van der Waals surface area contributed by atoms with E-state index >= 15 is 0 Å². The fraction of sp³-hybridized carbons (Fsp3) is 0.364. The second-order valence-electron chi connectivity index (χ2n) is 3.73. The van der Waals surface area contributed by atoms with Gasteiger partial charge in [0.15, 0.2) is 5.78 Å². The maximum absolute atomic E-state index is 13.1. The van der Waals surface area contributed by atoms with Crippen molar-refractivity contribution in [3.63, 3.8) is 0 Å². The van der Waals surface area contributed by atoms with E-state index in [9.17, 15) is 9.18 Å². The number of ketones is 1. The number of hydrogen-bond donors (Lipinski definition) is 0. The topological polar surface area (TPSA) is 17.1 Å². The van der Waals surface area contributed by atoms with E-state index in [1.165, 1.54) is 6.07 Å². The smallest absolute Gasteiger partial charge is 0.166 e. The monoisotopic (exact) mass is 212 g/mol. The maximum Gasteiger partial charge on any atom is 0.166 e. The van der Waals surface area contributed by atoms with Crippen molar-refractivity contribution in [1.29, 1.82) is 0 Å². The zero-order chi connectivity index (χ0) is 10.3. The number of carbonyl (C=O) groups is 1. The highest BCUT2D eigenvalue weighted by atomic mass is 35.5. The van der Waals surface area contributed by atoms with E-state index < -0.39 is 5.82 Å². The van der Waals surface area contributed by atoms with Crippen molar-refractivity contribution in [2.45, 2.75) is 19.8 Å². The Morgan fingerprint density at radius 3 is 2.64 bits per heavy atom.